The normalized spacial score (nSPS) is 28.1. The summed E-state index contributed by atoms with van der Waals surface area (Å²) < 4.78 is 5.37. The van der Waals surface area contributed by atoms with Crippen LogP contribution in [0.5, 0.6) is 5.75 Å². The Morgan fingerprint density at radius 1 is 0.909 bits per heavy atom. The van der Waals surface area contributed by atoms with E-state index < -0.39 is 11.0 Å². The second-order valence-electron chi connectivity index (χ2n) is 9.43. The molecule has 1 amide bonds. The maximum absolute atomic E-state index is 14.5. The molecule has 2 aliphatic heterocycles. The molecule has 33 heavy (non-hydrogen) atoms. The monoisotopic (exact) mass is 438 g/mol. The zero-order valence-electron chi connectivity index (χ0n) is 19.0. The smallest absolute Gasteiger partial charge is 0.253 e. The molecule has 0 bridgehead atoms. The van der Waals surface area contributed by atoms with Gasteiger partial charge >= 0.3 is 0 Å². The number of ketones is 1. The molecule has 2 spiro atoms. The quantitative estimate of drug-likeness (QED) is 0.606. The van der Waals surface area contributed by atoms with Gasteiger partial charge in [-0.15, -0.1) is 0 Å². The van der Waals surface area contributed by atoms with Crippen molar-refractivity contribution in [2.45, 2.75) is 17.9 Å². The number of rotatable bonds is 2. The van der Waals surface area contributed by atoms with Crippen molar-refractivity contribution in [2.24, 2.45) is 5.41 Å². The van der Waals surface area contributed by atoms with Crippen molar-refractivity contribution in [1.29, 1.82) is 0 Å². The van der Waals surface area contributed by atoms with E-state index in [1.807, 2.05) is 86.9 Å². The zero-order valence-corrected chi connectivity index (χ0v) is 19.0. The average molecular weight is 439 g/mol. The number of benzene rings is 3. The second-order valence-corrected chi connectivity index (χ2v) is 9.43. The van der Waals surface area contributed by atoms with Gasteiger partial charge in [-0.1, -0.05) is 54.6 Å². The van der Waals surface area contributed by atoms with Crippen molar-refractivity contribution in [3.8, 4) is 5.75 Å². The number of methoxy groups -OCH3 is 1. The first-order valence-electron chi connectivity index (χ1n) is 11.3. The first kappa shape index (κ1) is 20.2. The van der Waals surface area contributed by atoms with E-state index >= 15 is 0 Å². The van der Waals surface area contributed by atoms with Gasteiger partial charge in [0.25, 0.3) is 5.91 Å². The van der Waals surface area contributed by atoms with E-state index in [-0.39, 0.29) is 17.6 Å². The number of Topliss-reactive ketones (excluding diaryl/α,β-unsaturated/α-hetero) is 1. The van der Waals surface area contributed by atoms with Gasteiger partial charge in [-0.05, 0) is 42.8 Å². The Bertz CT molecular complexity index is 1300. The molecule has 3 atom stereocenters. The zero-order chi connectivity index (χ0) is 23.0. The van der Waals surface area contributed by atoms with Gasteiger partial charge in [0.1, 0.15) is 11.3 Å². The summed E-state index contributed by atoms with van der Waals surface area (Å²) in [5, 5.41) is 0. The summed E-state index contributed by atoms with van der Waals surface area (Å²) in [6, 6.07) is 23.8. The third-order valence-electron chi connectivity index (χ3n) is 8.19. The lowest BCUT2D eigenvalue weighted by molar-refractivity contribution is -0.132. The Morgan fingerprint density at radius 3 is 2.33 bits per heavy atom. The predicted molar refractivity (Wildman–Crippen MR) is 127 cm³/mol. The average Bonchev–Trinajstić information content (AvgIpc) is 3.38. The fourth-order valence-electron chi connectivity index (χ4n) is 6.82. The minimum Gasteiger partial charge on any atom is -0.497 e. The SMILES string of the molecule is COc1ccc([C@@H]2CN(C)[C@]3(C(=O)N(C)c4ccccc43)[C@]23Cc2ccccc2C3=O)cc1. The molecular formula is C28H26N2O3. The van der Waals surface area contributed by atoms with Gasteiger partial charge in [-0.3, -0.25) is 14.5 Å². The standard InChI is InChI=1S/C28H26N2O3/c1-29-17-23(18-12-14-20(33-3)15-13-18)27(16-19-8-4-5-9-21(19)25(27)31)28(29)22-10-6-7-11-24(22)30(2)26(28)32/h4-15,23H,16-17H2,1-3H3/t23-,27+,28+/m0/s1. The molecule has 3 aliphatic rings. The van der Waals surface area contributed by atoms with E-state index in [1.165, 1.54) is 0 Å². The molecule has 1 aliphatic carbocycles. The van der Waals surface area contributed by atoms with E-state index in [0.717, 1.165) is 33.7 Å². The molecule has 0 radical (unpaired) electrons. The molecule has 2 heterocycles. The van der Waals surface area contributed by atoms with Gasteiger partial charge in [0.2, 0.25) is 0 Å². The van der Waals surface area contributed by atoms with E-state index in [2.05, 4.69) is 4.90 Å². The molecule has 5 heteroatoms. The summed E-state index contributed by atoms with van der Waals surface area (Å²) >= 11 is 0. The summed E-state index contributed by atoms with van der Waals surface area (Å²) in [5.41, 5.74) is 2.64. The van der Waals surface area contributed by atoms with Gasteiger partial charge in [-0.25, -0.2) is 0 Å². The lowest BCUT2D eigenvalue weighted by atomic mass is 9.59. The number of fused-ring (bicyclic) bond motifs is 4. The number of para-hydroxylation sites is 1. The van der Waals surface area contributed by atoms with Crippen LogP contribution in [-0.2, 0) is 16.8 Å². The molecule has 6 rings (SSSR count). The number of likely N-dealkylation sites (tertiary alicyclic amines) is 1. The van der Waals surface area contributed by atoms with Crippen LogP contribution in [0.25, 0.3) is 0 Å². The molecule has 5 nitrogen and oxygen atoms in total. The summed E-state index contributed by atoms with van der Waals surface area (Å²) in [5.74, 6) is 0.679. The molecule has 0 saturated carbocycles. The highest BCUT2D eigenvalue weighted by molar-refractivity contribution is 6.16. The number of nitrogens with zero attached hydrogens (tertiary/aromatic N) is 2. The third kappa shape index (κ3) is 2.25. The maximum atomic E-state index is 14.5. The van der Waals surface area contributed by atoms with Crippen molar-refractivity contribution in [3.63, 3.8) is 0 Å². The number of hydrogen-bond acceptors (Lipinski definition) is 4. The summed E-state index contributed by atoms with van der Waals surface area (Å²) in [6.45, 7) is 0.611. The molecule has 1 fully saturated rings. The Labute approximate surface area is 193 Å². The number of likely N-dealkylation sites (N-methyl/N-ethyl adjacent to an activating group) is 2. The molecule has 1 saturated heterocycles. The summed E-state index contributed by atoms with van der Waals surface area (Å²) in [7, 11) is 5.47. The van der Waals surface area contributed by atoms with Crippen molar-refractivity contribution in [3.05, 3.63) is 95.1 Å². The number of carbonyl (C=O) groups is 2. The number of amides is 1. The van der Waals surface area contributed by atoms with Crippen LogP contribution in [0, 0.1) is 5.41 Å². The fraction of sp³-hybridized carbons (Fsp3) is 0.286. The van der Waals surface area contributed by atoms with Crippen LogP contribution in [0.4, 0.5) is 5.69 Å². The fourth-order valence-corrected chi connectivity index (χ4v) is 6.82. The van der Waals surface area contributed by atoms with E-state index in [9.17, 15) is 9.59 Å². The molecule has 3 aromatic rings. The van der Waals surface area contributed by atoms with E-state index in [4.69, 9.17) is 4.74 Å². The highest BCUT2D eigenvalue weighted by atomic mass is 16.5. The Balaban J connectivity index is 1.66. The number of hydrogen-bond donors (Lipinski definition) is 0. The molecule has 166 valence electrons. The topological polar surface area (TPSA) is 49.9 Å². The van der Waals surface area contributed by atoms with Gasteiger partial charge in [-0.2, -0.15) is 0 Å². The Kier molecular flexibility index (Phi) is 4.15. The van der Waals surface area contributed by atoms with Crippen molar-refractivity contribution < 1.29 is 14.3 Å². The molecular weight excluding hydrogens is 412 g/mol. The highest BCUT2D eigenvalue weighted by Crippen LogP contribution is 2.67. The molecule has 0 unspecified atom stereocenters. The number of ether oxygens (including phenoxy) is 1. The third-order valence-corrected chi connectivity index (χ3v) is 8.19. The largest absolute Gasteiger partial charge is 0.497 e. The maximum Gasteiger partial charge on any atom is 0.253 e. The van der Waals surface area contributed by atoms with Crippen molar-refractivity contribution >= 4 is 17.4 Å². The Hall–Kier alpha value is -3.44. The molecule has 3 aromatic carbocycles. The van der Waals surface area contributed by atoms with Gasteiger partial charge in [0, 0.05) is 36.3 Å². The first-order chi connectivity index (χ1) is 16.0. The summed E-state index contributed by atoms with van der Waals surface area (Å²) in [4.78, 5) is 32.6. The lowest BCUT2D eigenvalue weighted by Crippen LogP contribution is -2.59. The van der Waals surface area contributed by atoms with Crippen LogP contribution in [0.2, 0.25) is 0 Å². The van der Waals surface area contributed by atoms with Crippen molar-refractivity contribution in [1.82, 2.24) is 4.90 Å². The number of carbonyl (C=O) groups excluding carboxylic acids is 2. The van der Waals surface area contributed by atoms with Gasteiger partial charge in [0.05, 0.1) is 12.5 Å². The predicted octanol–water partition coefficient (Wildman–Crippen LogP) is 4.02. The van der Waals surface area contributed by atoms with Crippen LogP contribution >= 0.6 is 0 Å². The first-order valence-corrected chi connectivity index (χ1v) is 11.3. The van der Waals surface area contributed by atoms with Crippen LogP contribution in [0.1, 0.15) is 33.0 Å². The van der Waals surface area contributed by atoms with Crippen LogP contribution in [-0.4, -0.2) is 44.3 Å². The van der Waals surface area contributed by atoms with Crippen LogP contribution in [0.15, 0.2) is 72.8 Å². The van der Waals surface area contributed by atoms with Crippen LogP contribution < -0.4 is 9.64 Å². The van der Waals surface area contributed by atoms with Gasteiger partial charge < -0.3 is 9.64 Å². The van der Waals surface area contributed by atoms with E-state index in [0.29, 0.717) is 13.0 Å². The highest BCUT2D eigenvalue weighted by Gasteiger charge is 2.75. The van der Waals surface area contributed by atoms with Gasteiger partial charge in [0.15, 0.2) is 5.78 Å². The second kappa shape index (κ2) is 6.78. The summed E-state index contributed by atoms with van der Waals surface area (Å²) in [6.07, 6.45) is 0.539. The van der Waals surface area contributed by atoms with Crippen LogP contribution in [0.3, 0.4) is 0 Å². The number of anilines is 1. The lowest BCUT2D eigenvalue weighted by Gasteiger charge is -2.44. The molecule has 0 N–H and O–H groups in total. The molecule has 0 aromatic heterocycles. The van der Waals surface area contributed by atoms with E-state index in [1.54, 1.807) is 12.0 Å². The Morgan fingerprint density at radius 2 is 1.61 bits per heavy atom. The van der Waals surface area contributed by atoms with Crippen molar-refractivity contribution in [2.75, 3.05) is 32.6 Å². The minimum atomic E-state index is -1.06. The minimum absolute atomic E-state index is 0.0247.